The molecule has 28 heavy (non-hydrogen) atoms. The number of guanidine groups is 1. The molecule has 0 saturated carbocycles. The number of benzene rings is 1. The third kappa shape index (κ3) is 5.81. The number of nitrogens with zero attached hydrogens (tertiary/aromatic N) is 3. The summed E-state index contributed by atoms with van der Waals surface area (Å²) in [5, 5.41) is 6.59. The van der Waals surface area contributed by atoms with Crippen molar-refractivity contribution in [1.29, 1.82) is 0 Å². The largest absolute Gasteiger partial charge is 0.444 e. The second kappa shape index (κ2) is 10.2. The van der Waals surface area contributed by atoms with Crippen molar-refractivity contribution in [2.45, 2.75) is 40.4 Å². The second-order valence-electron chi connectivity index (χ2n) is 6.96. The Balaban J connectivity index is 1.63. The first-order chi connectivity index (χ1) is 13.7. The van der Waals surface area contributed by atoms with Crippen molar-refractivity contribution in [2.75, 3.05) is 32.8 Å². The molecule has 0 spiro atoms. The molecule has 0 atom stereocenters. The van der Waals surface area contributed by atoms with Gasteiger partial charge in [-0.1, -0.05) is 24.3 Å². The van der Waals surface area contributed by atoms with Crippen LogP contribution in [0.4, 0.5) is 0 Å². The molecule has 1 saturated heterocycles. The van der Waals surface area contributed by atoms with Gasteiger partial charge in [-0.05, 0) is 31.9 Å². The van der Waals surface area contributed by atoms with Gasteiger partial charge in [0, 0.05) is 26.2 Å². The molecule has 152 valence electrons. The highest BCUT2D eigenvalue weighted by Crippen LogP contribution is 2.14. The summed E-state index contributed by atoms with van der Waals surface area (Å²) in [5.74, 6) is 2.29. The summed E-state index contributed by atoms with van der Waals surface area (Å²) < 4.78 is 11.1. The smallest absolute Gasteiger partial charge is 0.214 e. The van der Waals surface area contributed by atoms with E-state index in [1.165, 1.54) is 11.1 Å². The minimum atomic E-state index is 0.510. The topological polar surface area (TPSA) is 74.9 Å². The highest BCUT2D eigenvalue weighted by Gasteiger charge is 2.13. The quantitative estimate of drug-likeness (QED) is 0.563. The zero-order chi connectivity index (χ0) is 19.8. The lowest BCUT2D eigenvalue weighted by atomic mass is 10.1. The van der Waals surface area contributed by atoms with Crippen LogP contribution in [-0.2, 0) is 24.4 Å². The van der Waals surface area contributed by atoms with E-state index >= 15 is 0 Å². The Morgan fingerprint density at radius 3 is 2.57 bits per heavy atom. The van der Waals surface area contributed by atoms with Crippen LogP contribution in [0.25, 0.3) is 0 Å². The summed E-state index contributed by atoms with van der Waals surface area (Å²) in [5.41, 5.74) is 3.49. The molecule has 1 fully saturated rings. The number of hydrogen-bond donors (Lipinski definition) is 2. The maximum atomic E-state index is 5.64. The van der Waals surface area contributed by atoms with Crippen LogP contribution in [0.15, 0.2) is 33.7 Å². The predicted molar refractivity (Wildman–Crippen MR) is 110 cm³/mol. The first-order valence-electron chi connectivity index (χ1n) is 9.97. The average Bonchev–Trinajstić information content (AvgIpc) is 3.03. The number of morpholine rings is 1. The highest BCUT2D eigenvalue weighted by molar-refractivity contribution is 5.79. The fraction of sp³-hybridized carbons (Fsp3) is 0.524. The van der Waals surface area contributed by atoms with Gasteiger partial charge in [0.2, 0.25) is 5.89 Å². The Morgan fingerprint density at radius 1 is 1.14 bits per heavy atom. The predicted octanol–water partition coefficient (Wildman–Crippen LogP) is 2.38. The molecule has 0 radical (unpaired) electrons. The van der Waals surface area contributed by atoms with E-state index in [4.69, 9.17) is 14.1 Å². The zero-order valence-corrected chi connectivity index (χ0v) is 17.1. The Labute approximate surface area is 167 Å². The normalized spacial score (nSPS) is 15.6. The van der Waals surface area contributed by atoms with Crippen molar-refractivity contribution in [3.8, 4) is 0 Å². The van der Waals surface area contributed by atoms with Crippen molar-refractivity contribution in [1.82, 2.24) is 20.5 Å². The van der Waals surface area contributed by atoms with Gasteiger partial charge in [-0.25, -0.2) is 9.98 Å². The number of aliphatic imine (C=N–C) groups is 1. The fourth-order valence-electron chi connectivity index (χ4n) is 3.15. The van der Waals surface area contributed by atoms with Crippen LogP contribution in [0.3, 0.4) is 0 Å². The lowest BCUT2D eigenvalue weighted by Gasteiger charge is -2.27. The number of nitrogens with one attached hydrogen (secondary N) is 2. The summed E-state index contributed by atoms with van der Waals surface area (Å²) in [4.78, 5) is 11.6. The molecular formula is C21H31N5O2. The maximum absolute atomic E-state index is 5.64. The average molecular weight is 386 g/mol. The van der Waals surface area contributed by atoms with Gasteiger partial charge in [-0.3, -0.25) is 4.90 Å². The molecule has 0 aliphatic carbocycles. The van der Waals surface area contributed by atoms with E-state index in [0.29, 0.717) is 19.0 Å². The summed E-state index contributed by atoms with van der Waals surface area (Å²) >= 11 is 0. The van der Waals surface area contributed by atoms with E-state index in [-0.39, 0.29) is 0 Å². The molecule has 7 heteroatoms. The van der Waals surface area contributed by atoms with Gasteiger partial charge in [-0.15, -0.1) is 0 Å². The van der Waals surface area contributed by atoms with Crippen LogP contribution in [0, 0.1) is 13.8 Å². The standard InChI is InChI=1S/C21H31N5O2/c1-4-22-21(24-14-20-25-16(2)17(3)28-20)23-13-18-7-5-6-8-19(18)15-26-9-11-27-12-10-26/h5-8H,4,9-15H2,1-3H3,(H2,22,23,24). The third-order valence-corrected chi connectivity index (χ3v) is 4.85. The molecule has 2 heterocycles. The molecule has 1 aliphatic heterocycles. The molecule has 2 aromatic rings. The minimum Gasteiger partial charge on any atom is -0.444 e. The van der Waals surface area contributed by atoms with Crippen LogP contribution >= 0.6 is 0 Å². The lowest BCUT2D eigenvalue weighted by Crippen LogP contribution is -2.37. The fourth-order valence-corrected chi connectivity index (χ4v) is 3.15. The molecule has 1 aliphatic rings. The van der Waals surface area contributed by atoms with Crippen molar-refractivity contribution < 1.29 is 9.15 Å². The maximum Gasteiger partial charge on any atom is 0.214 e. The lowest BCUT2D eigenvalue weighted by molar-refractivity contribution is 0.0341. The van der Waals surface area contributed by atoms with Gasteiger partial charge >= 0.3 is 0 Å². The molecule has 0 bridgehead atoms. The Morgan fingerprint density at radius 2 is 1.89 bits per heavy atom. The number of oxazole rings is 1. The second-order valence-corrected chi connectivity index (χ2v) is 6.96. The monoisotopic (exact) mass is 385 g/mol. The summed E-state index contributed by atoms with van der Waals surface area (Å²) in [6.07, 6.45) is 0. The molecule has 2 N–H and O–H groups in total. The summed E-state index contributed by atoms with van der Waals surface area (Å²) in [6.45, 7) is 12.4. The van der Waals surface area contributed by atoms with Crippen molar-refractivity contribution >= 4 is 5.96 Å². The van der Waals surface area contributed by atoms with Crippen molar-refractivity contribution in [2.24, 2.45) is 4.99 Å². The van der Waals surface area contributed by atoms with Crippen LogP contribution < -0.4 is 10.6 Å². The van der Waals surface area contributed by atoms with E-state index in [1.807, 2.05) is 13.8 Å². The van der Waals surface area contributed by atoms with Gasteiger partial charge < -0.3 is 19.8 Å². The van der Waals surface area contributed by atoms with E-state index in [2.05, 4.69) is 51.7 Å². The molecule has 0 amide bonds. The highest BCUT2D eigenvalue weighted by atomic mass is 16.5. The van der Waals surface area contributed by atoms with Crippen LogP contribution in [0.5, 0.6) is 0 Å². The van der Waals surface area contributed by atoms with Crippen LogP contribution in [0.2, 0.25) is 0 Å². The first-order valence-corrected chi connectivity index (χ1v) is 9.97. The molecule has 7 nitrogen and oxygen atoms in total. The number of hydrogen-bond acceptors (Lipinski definition) is 5. The van der Waals surface area contributed by atoms with Gasteiger partial charge in [0.15, 0.2) is 5.96 Å². The molecular weight excluding hydrogens is 354 g/mol. The minimum absolute atomic E-state index is 0.510. The molecule has 1 aromatic carbocycles. The molecule has 3 rings (SSSR count). The SMILES string of the molecule is CCNC(=NCc1ccccc1CN1CCOCC1)NCc1nc(C)c(C)o1. The van der Waals surface area contributed by atoms with Crippen molar-refractivity contribution in [3.05, 3.63) is 52.7 Å². The zero-order valence-electron chi connectivity index (χ0n) is 17.1. The number of aryl methyl sites for hydroxylation is 2. The van der Waals surface area contributed by atoms with Gasteiger partial charge in [0.1, 0.15) is 5.76 Å². The van der Waals surface area contributed by atoms with E-state index in [1.54, 1.807) is 0 Å². The van der Waals surface area contributed by atoms with Gasteiger partial charge in [0.05, 0.1) is 32.0 Å². The summed E-state index contributed by atoms with van der Waals surface area (Å²) in [6, 6.07) is 8.52. The van der Waals surface area contributed by atoms with Crippen molar-refractivity contribution in [3.63, 3.8) is 0 Å². The Hall–Kier alpha value is -2.38. The number of ether oxygens (including phenoxy) is 1. The Bertz CT molecular complexity index is 761. The van der Waals surface area contributed by atoms with Gasteiger partial charge in [-0.2, -0.15) is 0 Å². The third-order valence-electron chi connectivity index (χ3n) is 4.85. The first kappa shape index (κ1) is 20.4. The summed E-state index contributed by atoms with van der Waals surface area (Å²) in [7, 11) is 0. The number of aromatic nitrogens is 1. The van der Waals surface area contributed by atoms with Crippen LogP contribution in [-0.4, -0.2) is 48.7 Å². The van der Waals surface area contributed by atoms with E-state index in [0.717, 1.165) is 56.8 Å². The van der Waals surface area contributed by atoms with E-state index < -0.39 is 0 Å². The number of rotatable bonds is 7. The molecule has 1 aromatic heterocycles. The van der Waals surface area contributed by atoms with Crippen LogP contribution in [0.1, 0.15) is 35.4 Å². The molecule has 0 unspecified atom stereocenters. The Kier molecular flexibility index (Phi) is 7.45. The van der Waals surface area contributed by atoms with Gasteiger partial charge in [0.25, 0.3) is 0 Å². The van der Waals surface area contributed by atoms with E-state index in [9.17, 15) is 0 Å².